The van der Waals surface area contributed by atoms with Gasteiger partial charge in [-0.25, -0.2) is 4.98 Å². The van der Waals surface area contributed by atoms with E-state index >= 15 is 0 Å². The molecule has 2 rings (SSSR count). The molecule has 18 heavy (non-hydrogen) atoms. The third-order valence-corrected chi connectivity index (χ3v) is 3.28. The van der Waals surface area contributed by atoms with Crippen LogP contribution in [0.25, 0.3) is 0 Å². The van der Waals surface area contributed by atoms with E-state index in [9.17, 15) is 0 Å². The Morgan fingerprint density at radius 2 is 2.22 bits per heavy atom. The van der Waals surface area contributed by atoms with Gasteiger partial charge in [0.05, 0.1) is 5.69 Å². The molecule has 2 N–H and O–H groups in total. The molecular formula is C13H21N5. The zero-order valence-electron chi connectivity index (χ0n) is 11.3. The number of nitrogens with one attached hydrogen (secondary N) is 2. The molecule has 2 aromatic heterocycles. The molecule has 0 aliphatic rings. The predicted molar refractivity (Wildman–Crippen MR) is 71.3 cm³/mol. The Hall–Kier alpha value is -1.62. The minimum absolute atomic E-state index is 0.893. The number of H-pyrrole nitrogens is 1. The van der Waals surface area contributed by atoms with Crippen LogP contribution in [-0.4, -0.2) is 26.3 Å². The fourth-order valence-electron chi connectivity index (χ4n) is 2.10. The van der Waals surface area contributed by atoms with Gasteiger partial charge in [-0.05, 0) is 26.8 Å². The number of imidazole rings is 1. The van der Waals surface area contributed by atoms with E-state index in [-0.39, 0.29) is 0 Å². The van der Waals surface area contributed by atoms with Gasteiger partial charge in [-0.3, -0.25) is 4.68 Å². The van der Waals surface area contributed by atoms with Gasteiger partial charge in [0.25, 0.3) is 0 Å². The van der Waals surface area contributed by atoms with E-state index in [4.69, 9.17) is 0 Å². The summed E-state index contributed by atoms with van der Waals surface area (Å²) in [5, 5.41) is 7.88. The molecule has 0 spiro atoms. The number of hydrogen-bond acceptors (Lipinski definition) is 3. The highest BCUT2D eigenvalue weighted by Gasteiger charge is 2.08. The lowest BCUT2D eigenvalue weighted by Crippen LogP contribution is -2.16. The lowest BCUT2D eigenvalue weighted by molar-refractivity contribution is 0.637. The van der Waals surface area contributed by atoms with Gasteiger partial charge in [0, 0.05) is 43.7 Å². The summed E-state index contributed by atoms with van der Waals surface area (Å²) in [6.45, 7) is 6.06. The van der Waals surface area contributed by atoms with Crippen LogP contribution in [0.1, 0.15) is 29.2 Å². The van der Waals surface area contributed by atoms with Crippen molar-refractivity contribution in [2.75, 3.05) is 6.54 Å². The van der Waals surface area contributed by atoms with Crippen molar-refractivity contribution in [2.24, 2.45) is 7.05 Å². The summed E-state index contributed by atoms with van der Waals surface area (Å²) >= 11 is 0. The molecule has 0 atom stereocenters. The molecule has 0 fully saturated rings. The summed E-state index contributed by atoms with van der Waals surface area (Å²) in [5.74, 6) is 1.06. The fraction of sp³-hybridized carbons (Fsp3) is 0.538. The van der Waals surface area contributed by atoms with Crippen molar-refractivity contribution in [1.82, 2.24) is 25.1 Å². The predicted octanol–water partition coefficient (Wildman–Crippen LogP) is 1.48. The molecule has 0 aromatic carbocycles. The fourth-order valence-corrected chi connectivity index (χ4v) is 2.10. The Kier molecular flexibility index (Phi) is 4.15. The van der Waals surface area contributed by atoms with Gasteiger partial charge < -0.3 is 10.3 Å². The van der Waals surface area contributed by atoms with Gasteiger partial charge >= 0.3 is 0 Å². The van der Waals surface area contributed by atoms with Crippen molar-refractivity contribution in [3.63, 3.8) is 0 Å². The third kappa shape index (κ3) is 2.98. The highest BCUT2D eigenvalue weighted by Crippen LogP contribution is 2.11. The zero-order valence-corrected chi connectivity index (χ0v) is 11.3. The van der Waals surface area contributed by atoms with Crippen molar-refractivity contribution in [2.45, 2.75) is 33.2 Å². The maximum Gasteiger partial charge on any atom is 0.106 e. The first-order valence-electron chi connectivity index (χ1n) is 6.36. The molecule has 0 saturated heterocycles. The largest absolute Gasteiger partial charge is 0.349 e. The van der Waals surface area contributed by atoms with E-state index in [0.29, 0.717) is 0 Å². The molecule has 5 nitrogen and oxygen atoms in total. The number of hydrogen-bond donors (Lipinski definition) is 2. The topological polar surface area (TPSA) is 58.5 Å². The van der Waals surface area contributed by atoms with Gasteiger partial charge in [0.15, 0.2) is 0 Å². The first-order chi connectivity index (χ1) is 8.68. The standard InChI is InChI=1S/C13H21N5/c1-10-12(11(2)18(3)17-10)9-14-6-4-5-13-15-7-8-16-13/h7-8,14H,4-6,9H2,1-3H3,(H,15,16). The van der Waals surface area contributed by atoms with Crippen molar-refractivity contribution in [3.05, 3.63) is 35.2 Å². The molecule has 2 aromatic rings. The molecule has 5 heteroatoms. The smallest absolute Gasteiger partial charge is 0.106 e. The molecule has 0 bridgehead atoms. The third-order valence-electron chi connectivity index (χ3n) is 3.28. The van der Waals surface area contributed by atoms with E-state index in [1.54, 1.807) is 6.20 Å². The monoisotopic (exact) mass is 247 g/mol. The lowest BCUT2D eigenvalue weighted by atomic mass is 10.2. The first-order valence-corrected chi connectivity index (χ1v) is 6.36. The van der Waals surface area contributed by atoms with Crippen LogP contribution < -0.4 is 5.32 Å². The minimum atomic E-state index is 0.893. The SMILES string of the molecule is Cc1nn(C)c(C)c1CNCCCc1ncc[nH]1. The van der Waals surface area contributed by atoms with Gasteiger partial charge in [-0.15, -0.1) is 0 Å². The van der Waals surface area contributed by atoms with Gasteiger partial charge in [0.1, 0.15) is 5.82 Å². The van der Waals surface area contributed by atoms with Crippen LogP contribution in [0.3, 0.4) is 0 Å². The zero-order chi connectivity index (χ0) is 13.0. The highest BCUT2D eigenvalue weighted by atomic mass is 15.3. The molecule has 0 unspecified atom stereocenters. The number of aryl methyl sites for hydroxylation is 3. The van der Waals surface area contributed by atoms with Crippen molar-refractivity contribution in [3.8, 4) is 0 Å². The van der Waals surface area contributed by atoms with Crippen LogP contribution in [0.5, 0.6) is 0 Å². The second-order valence-electron chi connectivity index (χ2n) is 4.59. The Bertz CT molecular complexity index is 484. The Labute approximate surface area is 108 Å². The Morgan fingerprint density at radius 1 is 1.39 bits per heavy atom. The summed E-state index contributed by atoms with van der Waals surface area (Å²) in [5.41, 5.74) is 3.68. The summed E-state index contributed by atoms with van der Waals surface area (Å²) in [7, 11) is 1.99. The quantitative estimate of drug-likeness (QED) is 0.760. The molecule has 0 radical (unpaired) electrons. The molecule has 0 aliphatic carbocycles. The van der Waals surface area contributed by atoms with Crippen molar-refractivity contribution >= 4 is 0 Å². The van der Waals surface area contributed by atoms with Crippen LogP contribution >= 0.6 is 0 Å². The second-order valence-corrected chi connectivity index (χ2v) is 4.59. The second kappa shape index (κ2) is 5.82. The molecule has 0 saturated carbocycles. The van der Waals surface area contributed by atoms with E-state index in [0.717, 1.165) is 37.4 Å². The highest BCUT2D eigenvalue weighted by molar-refractivity contribution is 5.23. The van der Waals surface area contributed by atoms with Gasteiger partial charge in [0.2, 0.25) is 0 Å². The molecule has 0 aliphatic heterocycles. The maximum atomic E-state index is 4.41. The van der Waals surface area contributed by atoms with Crippen molar-refractivity contribution in [1.29, 1.82) is 0 Å². The van der Waals surface area contributed by atoms with Crippen LogP contribution in [-0.2, 0) is 20.0 Å². The Balaban J connectivity index is 1.72. The average Bonchev–Trinajstić information content (AvgIpc) is 2.92. The first kappa shape index (κ1) is 12.8. The minimum Gasteiger partial charge on any atom is -0.349 e. The van der Waals surface area contributed by atoms with E-state index in [2.05, 4.69) is 34.2 Å². The number of rotatable bonds is 6. The van der Waals surface area contributed by atoms with Gasteiger partial charge in [-0.1, -0.05) is 0 Å². The van der Waals surface area contributed by atoms with E-state index in [1.807, 2.05) is 17.9 Å². The number of aromatic amines is 1. The molecule has 98 valence electrons. The number of nitrogens with zero attached hydrogens (tertiary/aromatic N) is 3. The number of aromatic nitrogens is 4. The molecule has 0 amide bonds. The summed E-state index contributed by atoms with van der Waals surface area (Å²) in [4.78, 5) is 7.32. The van der Waals surface area contributed by atoms with Crippen LogP contribution in [0.2, 0.25) is 0 Å². The molecular weight excluding hydrogens is 226 g/mol. The van der Waals surface area contributed by atoms with Gasteiger partial charge in [-0.2, -0.15) is 5.10 Å². The van der Waals surface area contributed by atoms with Crippen molar-refractivity contribution < 1.29 is 0 Å². The van der Waals surface area contributed by atoms with Crippen LogP contribution in [0, 0.1) is 13.8 Å². The summed E-state index contributed by atoms with van der Waals surface area (Å²) in [6, 6.07) is 0. The average molecular weight is 247 g/mol. The van der Waals surface area contributed by atoms with E-state index < -0.39 is 0 Å². The molecule has 2 heterocycles. The normalized spacial score (nSPS) is 11.1. The Morgan fingerprint density at radius 3 is 2.83 bits per heavy atom. The van der Waals surface area contributed by atoms with E-state index in [1.165, 1.54) is 11.3 Å². The van der Waals surface area contributed by atoms with Crippen LogP contribution in [0.15, 0.2) is 12.4 Å². The maximum absolute atomic E-state index is 4.41. The van der Waals surface area contributed by atoms with Crippen LogP contribution in [0.4, 0.5) is 0 Å². The lowest BCUT2D eigenvalue weighted by Gasteiger charge is -2.04. The summed E-state index contributed by atoms with van der Waals surface area (Å²) in [6.07, 6.45) is 5.74. The summed E-state index contributed by atoms with van der Waals surface area (Å²) < 4.78 is 1.94.